The van der Waals surface area contributed by atoms with Gasteiger partial charge in [0.1, 0.15) is 11.9 Å². The van der Waals surface area contributed by atoms with Gasteiger partial charge in [0.25, 0.3) is 0 Å². The van der Waals surface area contributed by atoms with E-state index in [1.807, 2.05) is 18.0 Å². The molecule has 1 aliphatic heterocycles. The van der Waals surface area contributed by atoms with Gasteiger partial charge in [-0.15, -0.1) is 0 Å². The van der Waals surface area contributed by atoms with Gasteiger partial charge in [0, 0.05) is 38.3 Å². The zero-order valence-corrected chi connectivity index (χ0v) is 12.3. The summed E-state index contributed by atoms with van der Waals surface area (Å²) in [6.07, 6.45) is 5.71. The second-order valence-electron chi connectivity index (χ2n) is 5.96. The molecule has 1 saturated carbocycles. The van der Waals surface area contributed by atoms with E-state index < -0.39 is 0 Å². The molecule has 2 heterocycles. The molecule has 2 fully saturated rings. The standard InChI is InChI=1S/C16H20N4O/c1-19(16(21)13-3-4-13)14-6-8-20(9-7-14)15-5-2-12(10-17)11-18-15/h2,5,11,13-14H,3-4,6-9H2,1H3. The third-order valence-corrected chi connectivity index (χ3v) is 4.49. The molecule has 110 valence electrons. The maximum absolute atomic E-state index is 12.1. The Hall–Kier alpha value is -2.09. The SMILES string of the molecule is CN(C(=O)C1CC1)C1CCN(c2ccc(C#N)cn2)CC1. The molecule has 0 aromatic carbocycles. The Balaban J connectivity index is 1.56. The number of anilines is 1. The Morgan fingerprint density at radius 3 is 2.57 bits per heavy atom. The molecular formula is C16H20N4O. The van der Waals surface area contributed by atoms with Crippen LogP contribution in [-0.2, 0) is 4.79 Å². The van der Waals surface area contributed by atoms with Gasteiger partial charge in [0.2, 0.25) is 5.91 Å². The molecule has 0 bridgehead atoms. The molecule has 21 heavy (non-hydrogen) atoms. The summed E-state index contributed by atoms with van der Waals surface area (Å²) < 4.78 is 0. The molecule has 1 aromatic rings. The predicted octanol–water partition coefficient (Wildman–Crippen LogP) is 1.79. The highest BCUT2D eigenvalue weighted by Gasteiger charge is 2.35. The fourth-order valence-corrected chi connectivity index (χ4v) is 2.92. The number of nitrogens with zero attached hydrogens (tertiary/aromatic N) is 4. The van der Waals surface area contributed by atoms with Gasteiger partial charge in [-0.05, 0) is 37.8 Å². The number of nitriles is 1. The van der Waals surface area contributed by atoms with E-state index in [9.17, 15) is 4.79 Å². The van der Waals surface area contributed by atoms with Crippen LogP contribution in [0.3, 0.4) is 0 Å². The zero-order chi connectivity index (χ0) is 14.8. The molecule has 0 spiro atoms. The number of pyridine rings is 1. The maximum atomic E-state index is 12.1. The fourth-order valence-electron chi connectivity index (χ4n) is 2.92. The molecule has 1 aliphatic carbocycles. The van der Waals surface area contributed by atoms with Crippen molar-refractivity contribution in [3.8, 4) is 6.07 Å². The zero-order valence-electron chi connectivity index (χ0n) is 12.3. The van der Waals surface area contributed by atoms with Crippen molar-refractivity contribution in [2.45, 2.75) is 31.7 Å². The molecule has 0 radical (unpaired) electrons. The number of piperidine rings is 1. The van der Waals surface area contributed by atoms with Gasteiger partial charge in [0.05, 0.1) is 5.56 Å². The lowest BCUT2D eigenvalue weighted by Crippen LogP contribution is -2.46. The van der Waals surface area contributed by atoms with Crippen molar-refractivity contribution in [1.29, 1.82) is 5.26 Å². The third kappa shape index (κ3) is 2.99. The average molecular weight is 284 g/mol. The van der Waals surface area contributed by atoms with Gasteiger partial charge >= 0.3 is 0 Å². The van der Waals surface area contributed by atoms with Gasteiger partial charge in [-0.3, -0.25) is 4.79 Å². The van der Waals surface area contributed by atoms with Crippen molar-refractivity contribution in [2.75, 3.05) is 25.0 Å². The Morgan fingerprint density at radius 2 is 2.05 bits per heavy atom. The summed E-state index contributed by atoms with van der Waals surface area (Å²) >= 11 is 0. The largest absolute Gasteiger partial charge is 0.356 e. The summed E-state index contributed by atoms with van der Waals surface area (Å²) in [6, 6.07) is 6.14. The van der Waals surface area contributed by atoms with Gasteiger partial charge in [-0.2, -0.15) is 5.26 Å². The molecule has 5 nitrogen and oxygen atoms in total. The highest BCUT2D eigenvalue weighted by atomic mass is 16.2. The Labute approximate surface area is 125 Å². The lowest BCUT2D eigenvalue weighted by atomic mass is 10.0. The second kappa shape index (κ2) is 5.72. The van der Waals surface area contributed by atoms with Crippen LogP contribution in [0.15, 0.2) is 18.3 Å². The van der Waals surface area contributed by atoms with Crippen LogP contribution in [0.25, 0.3) is 0 Å². The number of hydrogen-bond donors (Lipinski definition) is 0. The van der Waals surface area contributed by atoms with Crippen LogP contribution in [0.4, 0.5) is 5.82 Å². The Morgan fingerprint density at radius 1 is 1.33 bits per heavy atom. The van der Waals surface area contributed by atoms with E-state index in [4.69, 9.17) is 5.26 Å². The van der Waals surface area contributed by atoms with E-state index in [-0.39, 0.29) is 0 Å². The lowest BCUT2D eigenvalue weighted by molar-refractivity contribution is -0.133. The molecule has 1 aromatic heterocycles. The number of amides is 1. The molecule has 0 N–H and O–H groups in total. The first-order chi connectivity index (χ1) is 10.2. The second-order valence-corrected chi connectivity index (χ2v) is 5.96. The van der Waals surface area contributed by atoms with Gasteiger partial charge in [-0.1, -0.05) is 0 Å². The van der Waals surface area contributed by atoms with E-state index in [2.05, 4.69) is 16.0 Å². The van der Waals surface area contributed by atoms with E-state index in [0.717, 1.165) is 44.6 Å². The highest BCUT2D eigenvalue weighted by molar-refractivity contribution is 5.81. The third-order valence-electron chi connectivity index (χ3n) is 4.49. The summed E-state index contributed by atoms with van der Waals surface area (Å²) in [6.45, 7) is 1.82. The number of carbonyl (C=O) groups excluding carboxylic acids is 1. The minimum absolute atomic E-state index is 0.299. The molecular weight excluding hydrogens is 264 g/mol. The average Bonchev–Trinajstić information content (AvgIpc) is 3.39. The van der Waals surface area contributed by atoms with Crippen molar-refractivity contribution in [2.24, 2.45) is 5.92 Å². The molecule has 5 heteroatoms. The minimum Gasteiger partial charge on any atom is -0.356 e. The van der Waals surface area contributed by atoms with Crippen molar-refractivity contribution in [3.05, 3.63) is 23.9 Å². The fraction of sp³-hybridized carbons (Fsp3) is 0.562. The molecule has 0 atom stereocenters. The highest BCUT2D eigenvalue weighted by Crippen LogP contribution is 2.32. The lowest BCUT2D eigenvalue weighted by Gasteiger charge is -2.37. The molecule has 1 saturated heterocycles. The van der Waals surface area contributed by atoms with Gasteiger partial charge in [-0.25, -0.2) is 4.98 Å². The normalized spacial score (nSPS) is 19.1. The van der Waals surface area contributed by atoms with Crippen LogP contribution >= 0.6 is 0 Å². The quantitative estimate of drug-likeness (QED) is 0.849. The van der Waals surface area contributed by atoms with Gasteiger partial charge in [0.15, 0.2) is 0 Å². The summed E-state index contributed by atoms with van der Waals surface area (Å²) in [5.41, 5.74) is 0.586. The van der Waals surface area contributed by atoms with Crippen LogP contribution in [0.2, 0.25) is 0 Å². The number of aromatic nitrogens is 1. The topological polar surface area (TPSA) is 60.2 Å². The molecule has 0 unspecified atom stereocenters. The number of rotatable bonds is 3. The monoisotopic (exact) mass is 284 g/mol. The Bertz CT molecular complexity index is 551. The smallest absolute Gasteiger partial charge is 0.225 e. The summed E-state index contributed by atoms with van der Waals surface area (Å²) in [7, 11) is 1.95. The summed E-state index contributed by atoms with van der Waals surface area (Å²) in [4.78, 5) is 20.6. The maximum Gasteiger partial charge on any atom is 0.225 e. The van der Waals surface area contributed by atoms with Crippen LogP contribution in [0.5, 0.6) is 0 Å². The molecule has 3 rings (SSSR count). The van der Waals surface area contributed by atoms with Crippen LogP contribution in [0.1, 0.15) is 31.2 Å². The van der Waals surface area contributed by atoms with Crippen molar-refractivity contribution < 1.29 is 4.79 Å². The van der Waals surface area contributed by atoms with Gasteiger partial charge < -0.3 is 9.80 Å². The van der Waals surface area contributed by atoms with Crippen molar-refractivity contribution in [1.82, 2.24) is 9.88 Å². The van der Waals surface area contributed by atoms with E-state index in [1.54, 1.807) is 12.3 Å². The Kier molecular flexibility index (Phi) is 3.78. The number of hydrogen-bond acceptors (Lipinski definition) is 4. The molecule has 1 amide bonds. The number of carbonyl (C=O) groups is 1. The minimum atomic E-state index is 0.299. The van der Waals surface area contributed by atoms with Crippen LogP contribution < -0.4 is 4.90 Å². The molecule has 2 aliphatic rings. The first-order valence-electron chi connectivity index (χ1n) is 7.57. The summed E-state index contributed by atoms with van der Waals surface area (Å²) in [5, 5.41) is 8.80. The predicted molar refractivity (Wildman–Crippen MR) is 79.7 cm³/mol. The van der Waals surface area contributed by atoms with Crippen LogP contribution in [0, 0.1) is 17.2 Å². The van der Waals surface area contributed by atoms with Crippen molar-refractivity contribution in [3.63, 3.8) is 0 Å². The van der Waals surface area contributed by atoms with Crippen LogP contribution in [-0.4, -0.2) is 42.0 Å². The van der Waals surface area contributed by atoms with Crippen molar-refractivity contribution >= 4 is 11.7 Å². The summed E-state index contributed by atoms with van der Waals surface area (Å²) in [5.74, 6) is 1.54. The first kappa shape index (κ1) is 13.9. The first-order valence-corrected chi connectivity index (χ1v) is 7.57. The van der Waals surface area contributed by atoms with E-state index in [0.29, 0.717) is 23.4 Å². The van der Waals surface area contributed by atoms with E-state index >= 15 is 0 Å². The van der Waals surface area contributed by atoms with E-state index in [1.165, 1.54) is 0 Å².